The van der Waals surface area contributed by atoms with Gasteiger partial charge in [0.15, 0.2) is 0 Å². The Morgan fingerprint density at radius 3 is 2.94 bits per heavy atom. The molecule has 0 aliphatic carbocycles. The average Bonchev–Trinajstić information content (AvgIpc) is 2.73. The minimum Gasteiger partial charge on any atom is -0.481 e. The molecule has 8 heteroatoms. The smallest absolute Gasteiger partial charge is 0.313 e. The van der Waals surface area contributed by atoms with E-state index in [9.17, 15) is 4.79 Å². The van der Waals surface area contributed by atoms with E-state index in [0.717, 1.165) is 24.8 Å². The summed E-state index contributed by atoms with van der Waals surface area (Å²) in [6.45, 7) is 6.07. The van der Waals surface area contributed by atoms with Crippen LogP contribution in [0.5, 0.6) is 0 Å². The van der Waals surface area contributed by atoms with E-state index in [1.807, 2.05) is 0 Å². The molecule has 0 fully saturated rings. The molecule has 0 saturated heterocycles. The third-order valence-electron chi connectivity index (χ3n) is 2.11. The molecule has 0 aromatic carbocycles. The summed E-state index contributed by atoms with van der Waals surface area (Å²) in [4.78, 5) is 10.4. The summed E-state index contributed by atoms with van der Waals surface area (Å²) in [5.41, 5.74) is 0. The van der Waals surface area contributed by atoms with Crippen molar-refractivity contribution in [1.82, 2.24) is 20.2 Å². The Morgan fingerprint density at radius 2 is 2.28 bits per heavy atom. The fraction of sp³-hybridized carbons (Fsp3) is 0.800. The number of carboxylic acids is 1. The van der Waals surface area contributed by atoms with Crippen LogP contribution in [0, 0.1) is 5.92 Å². The molecule has 1 rings (SSSR count). The van der Waals surface area contributed by atoms with Crippen LogP contribution in [-0.2, 0) is 16.1 Å². The Bertz CT molecular complexity index is 370. The number of thioether (sulfide) groups is 1. The Balaban J connectivity index is 2.25. The second-order valence-corrected chi connectivity index (χ2v) is 5.10. The summed E-state index contributed by atoms with van der Waals surface area (Å²) in [5.74, 6) is -0.309. The second kappa shape index (κ2) is 8.04. The largest absolute Gasteiger partial charge is 0.481 e. The predicted octanol–water partition coefficient (Wildman–Crippen LogP) is 0.912. The highest BCUT2D eigenvalue weighted by Gasteiger charge is 2.08. The van der Waals surface area contributed by atoms with E-state index >= 15 is 0 Å². The van der Waals surface area contributed by atoms with Gasteiger partial charge in [0, 0.05) is 6.61 Å². The molecule has 0 aliphatic rings. The molecule has 0 radical (unpaired) electrons. The molecule has 1 aromatic heterocycles. The van der Waals surface area contributed by atoms with Crippen molar-refractivity contribution >= 4 is 17.7 Å². The van der Waals surface area contributed by atoms with Gasteiger partial charge in [-0.05, 0) is 22.8 Å². The van der Waals surface area contributed by atoms with Crippen LogP contribution in [0.1, 0.15) is 20.3 Å². The Hall–Kier alpha value is -1.15. The van der Waals surface area contributed by atoms with Gasteiger partial charge in [-0.3, -0.25) is 4.79 Å². The van der Waals surface area contributed by atoms with Gasteiger partial charge in [0.1, 0.15) is 0 Å². The highest BCUT2D eigenvalue weighted by Crippen LogP contribution is 2.12. The van der Waals surface area contributed by atoms with Crippen molar-refractivity contribution in [3.8, 4) is 0 Å². The predicted molar refractivity (Wildman–Crippen MR) is 66.5 cm³/mol. The van der Waals surface area contributed by atoms with Crippen LogP contribution in [0.2, 0.25) is 0 Å². The first-order valence-corrected chi connectivity index (χ1v) is 6.76. The lowest BCUT2D eigenvalue weighted by molar-refractivity contribution is -0.133. The summed E-state index contributed by atoms with van der Waals surface area (Å²) in [6, 6.07) is 0. The molecular formula is C10H18N4O3S. The molecule has 0 aliphatic heterocycles. The van der Waals surface area contributed by atoms with Crippen LogP contribution in [0.3, 0.4) is 0 Å². The molecule has 0 atom stereocenters. The molecule has 0 unspecified atom stereocenters. The maximum Gasteiger partial charge on any atom is 0.313 e. The molecule has 1 aromatic rings. The van der Waals surface area contributed by atoms with Crippen molar-refractivity contribution < 1.29 is 14.6 Å². The summed E-state index contributed by atoms with van der Waals surface area (Å²) >= 11 is 1.10. The van der Waals surface area contributed by atoms with Gasteiger partial charge in [0.05, 0.1) is 18.9 Å². The standard InChI is InChI=1S/C10H18N4O3S/c1-8(2)3-5-17-6-4-14-10(11-12-13-14)18-7-9(15)16/h8H,3-7H2,1-2H3,(H,15,16). The molecule has 1 heterocycles. The van der Waals surface area contributed by atoms with E-state index in [0.29, 0.717) is 24.2 Å². The first-order chi connectivity index (χ1) is 8.59. The van der Waals surface area contributed by atoms with Gasteiger partial charge < -0.3 is 9.84 Å². The molecular weight excluding hydrogens is 256 g/mol. The van der Waals surface area contributed by atoms with Crippen LogP contribution in [-0.4, -0.2) is 50.2 Å². The van der Waals surface area contributed by atoms with Crippen molar-refractivity contribution in [2.45, 2.75) is 32.0 Å². The number of hydrogen-bond acceptors (Lipinski definition) is 6. The fourth-order valence-corrected chi connectivity index (χ4v) is 1.76. The maximum atomic E-state index is 10.4. The highest BCUT2D eigenvalue weighted by atomic mass is 32.2. The van der Waals surface area contributed by atoms with Crippen molar-refractivity contribution in [3.05, 3.63) is 0 Å². The minimum atomic E-state index is -0.886. The number of aliphatic carboxylic acids is 1. The number of aromatic nitrogens is 4. The first kappa shape index (κ1) is 14.9. The summed E-state index contributed by atoms with van der Waals surface area (Å²) in [6.07, 6.45) is 1.02. The number of rotatable bonds is 9. The van der Waals surface area contributed by atoms with Gasteiger partial charge in [-0.2, -0.15) is 0 Å². The van der Waals surface area contributed by atoms with E-state index in [4.69, 9.17) is 9.84 Å². The van der Waals surface area contributed by atoms with E-state index in [1.165, 1.54) is 0 Å². The van der Waals surface area contributed by atoms with E-state index in [1.54, 1.807) is 4.68 Å². The molecule has 0 bridgehead atoms. The van der Waals surface area contributed by atoms with Crippen molar-refractivity contribution in [3.63, 3.8) is 0 Å². The van der Waals surface area contributed by atoms with Gasteiger partial charge in [0.2, 0.25) is 5.16 Å². The Kier molecular flexibility index (Phi) is 6.66. The van der Waals surface area contributed by atoms with Gasteiger partial charge in [-0.25, -0.2) is 4.68 Å². The number of tetrazole rings is 1. The van der Waals surface area contributed by atoms with Crippen molar-refractivity contribution in [2.24, 2.45) is 5.92 Å². The molecule has 1 N–H and O–H groups in total. The first-order valence-electron chi connectivity index (χ1n) is 5.78. The van der Waals surface area contributed by atoms with E-state index in [-0.39, 0.29) is 5.75 Å². The SMILES string of the molecule is CC(C)CCOCCn1nnnc1SCC(=O)O. The molecule has 0 amide bonds. The third kappa shape index (κ3) is 5.97. The summed E-state index contributed by atoms with van der Waals surface area (Å²) in [5, 5.41) is 20.2. The maximum absolute atomic E-state index is 10.4. The normalized spacial score (nSPS) is 11.1. The summed E-state index contributed by atoms with van der Waals surface area (Å²) < 4.78 is 7.01. The number of hydrogen-bond donors (Lipinski definition) is 1. The van der Waals surface area contributed by atoms with Gasteiger partial charge in [-0.15, -0.1) is 5.10 Å². The number of carbonyl (C=O) groups is 1. The lowest BCUT2D eigenvalue weighted by Gasteiger charge is -2.06. The van der Waals surface area contributed by atoms with Crippen LogP contribution in [0.4, 0.5) is 0 Å². The lowest BCUT2D eigenvalue weighted by Crippen LogP contribution is -2.11. The van der Waals surface area contributed by atoms with Crippen LogP contribution in [0.25, 0.3) is 0 Å². The van der Waals surface area contributed by atoms with Crippen LogP contribution >= 0.6 is 11.8 Å². The van der Waals surface area contributed by atoms with Gasteiger partial charge >= 0.3 is 5.97 Å². The zero-order chi connectivity index (χ0) is 13.4. The lowest BCUT2D eigenvalue weighted by atomic mass is 10.1. The topological polar surface area (TPSA) is 90.1 Å². The van der Waals surface area contributed by atoms with E-state index < -0.39 is 5.97 Å². The number of nitrogens with zero attached hydrogens (tertiary/aromatic N) is 4. The zero-order valence-electron chi connectivity index (χ0n) is 10.6. The fourth-order valence-electron chi connectivity index (χ4n) is 1.14. The number of ether oxygens (including phenoxy) is 1. The van der Waals surface area contributed by atoms with Crippen molar-refractivity contribution in [2.75, 3.05) is 19.0 Å². The monoisotopic (exact) mass is 274 g/mol. The Morgan fingerprint density at radius 1 is 1.50 bits per heavy atom. The quantitative estimate of drug-likeness (QED) is 0.528. The zero-order valence-corrected chi connectivity index (χ0v) is 11.4. The van der Waals surface area contributed by atoms with Crippen molar-refractivity contribution in [1.29, 1.82) is 0 Å². The highest BCUT2D eigenvalue weighted by molar-refractivity contribution is 7.99. The van der Waals surface area contributed by atoms with Gasteiger partial charge in [0.25, 0.3) is 0 Å². The minimum absolute atomic E-state index is 0.0470. The second-order valence-electron chi connectivity index (χ2n) is 4.16. The molecule has 0 saturated carbocycles. The molecule has 0 spiro atoms. The Labute approximate surface area is 110 Å². The third-order valence-corrected chi connectivity index (χ3v) is 3.05. The van der Waals surface area contributed by atoms with E-state index in [2.05, 4.69) is 29.4 Å². The summed E-state index contributed by atoms with van der Waals surface area (Å²) in [7, 11) is 0. The average molecular weight is 274 g/mol. The van der Waals surface area contributed by atoms with Crippen LogP contribution < -0.4 is 0 Å². The molecule has 7 nitrogen and oxygen atoms in total. The van der Waals surface area contributed by atoms with Crippen LogP contribution in [0.15, 0.2) is 5.16 Å². The number of carboxylic acid groups (broad SMARTS) is 1. The van der Waals surface area contributed by atoms with Gasteiger partial charge in [-0.1, -0.05) is 25.6 Å². The molecule has 18 heavy (non-hydrogen) atoms. The molecule has 102 valence electrons.